The molecule has 0 saturated carbocycles. The summed E-state index contributed by atoms with van der Waals surface area (Å²) in [5.74, 6) is 3.98. The Morgan fingerprint density at radius 2 is 2.06 bits per heavy atom. The summed E-state index contributed by atoms with van der Waals surface area (Å²) in [6.07, 6.45) is 4.34. The number of fused-ring (bicyclic) bond motifs is 5. The van der Waals surface area contributed by atoms with Crippen molar-refractivity contribution < 1.29 is 9.47 Å². The van der Waals surface area contributed by atoms with Crippen molar-refractivity contribution in [3.63, 3.8) is 0 Å². The summed E-state index contributed by atoms with van der Waals surface area (Å²) in [7, 11) is 0. The van der Waals surface area contributed by atoms with Crippen molar-refractivity contribution in [2.24, 2.45) is 10.7 Å². The van der Waals surface area contributed by atoms with Gasteiger partial charge in [0.25, 0.3) is 0 Å². The number of ether oxygens (including phenoxy) is 2. The smallest absolute Gasteiger partial charge is 0.172 e. The maximum absolute atomic E-state index is 6.03. The molecule has 0 aliphatic carbocycles. The molecule has 5 heterocycles. The van der Waals surface area contributed by atoms with Crippen LogP contribution in [0.2, 0.25) is 0 Å². The molecule has 176 valence electrons. The van der Waals surface area contributed by atoms with Gasteiger partial charge in [0.2, 0.25) is 0 Å². The van der Waals surface area contributed by atoms with Gasteiger partial charge in [-0.05, 0) is 30.3 Å². The molecule has 11 heteroatoms. The monoisotopic (exact) mass is 469 g/mol. The van der Waals surface area contributed by atoms with E-state index in [1.165, 1.54) is 12.7 Å². The van der Waals surface area contributed by atoms with Crippen LogP contribution < -0.4 is 30.7 Å². The van der Waals surface area contributed by atoms with Crippen LogP contribution in [-0.2, 0) is 0 Å². The van der Waals surface area contributed by atoms with Crippen LogP contribution in [0.15, 0.2) is 60.0 Å². The molecular formula is C24H23N9O2. The van der Waals surface area contributed by atoms with E-state index in [2.05, 4.69) is 35.5 Å². The number of piperazine rings is 1. The van der Waals surface area contributed by atoms with Crippen molar-refractivity contribution in [3.05, 3.63) is 55.0 Å². The molecule has 2 aliphatic rings. The van der Waals surface area contributed by atoms with E-state index in [9.17, 15) is 0 Å². The van der Waals surface area contributed by atoms with Crippen molar-refractivity contribution in [3.8, 4) is 17.2 Å². The van der Waals surface area contributed by atoms with Gasteiger partial charge < -0.3 is 30.7 Å². The first kappa shape index (κ1) is 21.1. The molecule has 0 spiro atoms. The number of pyridine rings is 2. The zero-order valence-corrected chi connectivity index (χ0v) is 18.8. The van der Waals surface area contributed by atoms with E-state index in [0.29, 0.717) is 35.3 Å². The van der Waals surface area contributed by atoms with E-state index in [4.69, 9.17) is 20.2 Å². The standard InChI is InChI=1S/C24H23N9O2/c25-13-28-21-9-18(5-6-27-21)35-17-3-1-15(2-4-17)31-23-22-19(29-14-30-23)10-20-24(32-22)33-8-7-26-16(11-33)12-34-20/h1-6,9-10,13-14,16,26H,7-8,11-12H2,(H2,25,27,28)(H,29,30,31). The van der Waals surface area contributed by atoms with Gasteiger partial charge >= 0.3 is 0 Å². The number of nitrogens with two attached hydrogens (primary N) is 1. The Labute approximate surface area is 201 Å². The second-order valence-corrected chi connectivity index (χ2v) is 8.19. The molecule has 1 atom stereocenters. The van der Waals surface area contributed by atoms with Crippen LogP contribution in [0.25, 0.3) is 11.0 Å². The highest BCUT2D eigenvalue weighted by Gasteiger charge is 2.28. The van der Waals surface area contributed by atoms with Crippen LogP contribution in [0, 0.1) is 0 Å². The molecule has 0 amide bonds. The lowest BCUT2D eigenvalue weighted by Gasteiger charge is -2.31. The van der Waals surface area contributed by atoms with Gasteiger partial charge in [0.15, 0.2) is 23.2 Å². The van der Waals surface area contributed by atoms with Gasteiger partial charge in [-0.15, -0.1) is 0 Å². The van der Waals surface area contributed by atoms with Crippen LogP contribution in [0.3, 0.4) is 0 Å². The summed E-state index contributed by atoms with van der Waals surface area (Å²) >= 11 is 0. The Morgan fingerprint density at radius 3 is 2.94 bits per heavy atom. The summed E-state index contributed by atoms with van der Waals surface area (Å²) in [5.41, 5.74) is 7.59. The lowest BCUT2D eigenvalue weighted by molar-refractivity contribution is 0.271. The molecule has 4 aromatic rings. The summed E-state index contributed by atoms with van der Waals surface area (Å²) in [6, 6.07) is 13.3. The maximum atomic E-state index is 6.03. The van der Waals surface area contributed by atoms with Crippen LogP contribution in [0.4, 0.5) is 23.1 Å². The third-order valence-electron chi connectivity index (χ3n) is 5.83. The topological polar surface area (TPSA) is 136 Å². The molecule has 35 heavy (non-hydrogen) atoms. The highest BCUT2D eigenvalue weighted by molar-refractivity contribution is 5.90. The fourth-order valence-electron chi connectivity index (χ4n) is 4.19. The number of benzene rings is 1. The lowest BCUT2D eigenvalue weighted by atomic mass is 10.2. The van der Waals surface area contributed by atoms with Crippen molar-refractivity contribution in [2.75, 3.05) is 36.5 Å². The highest BCUT2D eigenvalue weighted by atomic mass is 16.5. The van der Waals surface area contributed by atoms with E-state index < -0.39 is 0 Å². The number of hydrogen-bond donors (Lipinski definition) is 3. The average molecular weight is 470 g/mol. The van der Waals surface area contributed by atoms with E-state index in [-0.39, 0.29) is 6.04 Å². The van der Waals surface area contributed by atoms with E-state index in [0.717, 1.165) is 42.4 Å². The Morgan fingerprint density at radius 1 is 1.14 bits per heavy atom. The predicted octanol–water partition coefficient (Wildman–Crippen LogP) is 2.74. The molecule has 1 unspecified atom stereocenters. The zero-order chi connectivity index (χ0) is 23.6. The largest absolute Gasteiger partial charge is 0.488 e. The quantitative estimate of drug-likeness (QED) is 0.296. The molecule has 0 radical (unpaired) electrons. The molecule has 2 bridgehead atoms. The number of anilines is 3. The lowest BCUT2D eigenvalue weighted by Crippen LogP contribution is -2.51. The second kappa shape index (κ2) is 9.03. The normalized spacial score (nSPS) is 17.0. The molecule has 1 aromatic carbocycles. The van der Waals surface area contributed by atoms with E-state index in [1.807, 2.05) is 30.3 Å². The molecule has 4 N–H and O–H groups in total. The number of nitrogens with one attached hydrogen (secondary N) is 2. The number of hydrogen-bond acceptors (Lipinski definition) is 10. The van der Waals surface area contributed by atoms with E-state index >= 15 is 0 Å². The Hall–Kier alpha value is -4.51. The zero-order valence-electron chi connectivity index (χ0n) is 18.8. The molecule has 6 rings (SSSR count). The van der Waals surface area contributed by atoms with Gasteiger partial charge in [0.05, 0.1) is 17.9 Å². The average Bonchev–Trinajstić information content (AvgIpc) is 3.00. The first-order chi connectivity index (χ1) is 17.2. The van der Waals surface area contributed by atoms with Crippen molar-refractivity contribution in [1.82, 2.24) is 25.3 Å². The van der Waals surface area contributed by atoms with Gasteiger partial charge in [-0.2, -0.15) is 0 Å². The minimum absolute atomic E-state index is 0.289. The second-order valence-electron chi connectivity index (χ2n) is 8.19. The van der Waals surface area contributed by atoms with Crippen LogP contribution in [-0.4, -0.2) is 58.6 Å². The molecule has 1 saturated heterocycles. The van der Waals surface area contributed by atoms with Crippen molar-refractivity contribution in [2.45, 2.75) is 6.04 Å². The molecule has 1 fully saturated rings. The molecule has 11 nitrogen and oxygen atoms in total. The third-order valence-corrected chi connectivity index (χ3v) is 5.83. The Bertz CT molecular complexity index is 1390. The van der Waals surface area contributed by atoms with Crippen molar-refractivity contribution in [1.29, 1.82) is 0 Å². The van der Waals surface area contributed by atoms with Gasteiger partial charge in [-0.1, -0.05) is 0 Å². The first-order valence-electron chi connectivity index (χ1n) is 11.3. The van der Waals surface area contributed by atoms with Crippen LogP contribution >= 0.6 is 0 Å². The van der Waals surface area contributed by atoms with E-state index in [1.54, 1.807) is 18.3 Å². The number of aromatic nitrogens is 4. The molecule has 3 aromatic heterocycles. The van der Waals surface area contributed by atoms with Crippen molar-refractivity contribution >= 4 is 40.5 Å². The Kier molecular flexibility index (Phi) is 5.43. The highest BCUT2D eigenvalue weighted by Crippen LogP contribution is 2.35. The molecular weight excluding hydrogens is 446 g/mol. The van der Waals surface area contributed by atoms with Crippen LogP contribution in [0.1, 0.15) is 0 Å². The fourth-order valence-corrected chi connectivity index (χ4v) is 4.19. The van der Waals surface area contributed by atoms with Gasteiger partial charge in [0, 0.05) is 43.7 Å². The SMILES string of the molecule is NC=Nc1cc(Oc2ccc(Nc3ncnc4cc5c(nc34)N3CCNC(CO5)C3)cc2)ccn1. The maximum Gasteiger partial charge on any atom is 0.172 e. The number of aliphatic imine (C=N–C) groups is 1. The van der Waals surface area contributed by atoms with Crippen LogP contribution in [0.5, 0.6) is 17.2 Å². The fraction of sp³-hybridized carbons (Fsp3) is 0.208. The van der Waals surface area contributed by atoms with Gasteiger partial charge in [0.1, 0.15) is 29.9 Å². The Balaban J connectivity index is 1.25. The number of rotatable bonds is 5. The summed E-state index contributed by atoms with van der Waals surface area (Å²) in [5, 5.41) is 6.84. The third kappa shape index (κ3) is 4.36. The minimum atomic E-state index is 0.289. The first-order valence-corrected chi connectivity index (χ1v) is 11.3. The molecule has 2 aliphatic heterocycles. The summed E-state index contributed by atoms with van der Waals surface area (Å²) < 4.78 is 11.9. The summed E-state index contributed by atoms with van der Waals surface area (Å²) in [4.78, 5) is 24.1. The predicted molar refractivity (Wildman–Crippen MR) is 133 cm³/mol. The van der Waals surface area contributed by atoms with Gasteiger partial charge in [-0.3, -0.25) is 0 Å². The minimum Gasteiger partial charge on any atom is -0.488 e. The number of nitrogens with zero attached hydrogens (tertiary/aromatic N) is 6. The van der Waals surface area contributed by atoms with Gasteiger partial charge in [-0.25, -0.2) is 24.9 Å². The summed E-state index contributed by atoms with van der Waals surface area (Å²) in [6.45, 7) is 3.25.